The van der Waals surface area contributed by atoms with E-state index >= 15 is 0 Å². The van der Waals surface area contributed by atoms with Gasteiger partial charge in [-0.2, -0.15) is 0 Å². The van der Waals surface area contributed by atoms with Gasteiger partial charge < -0.3 is 42.7 Å². The van der Waals surface area contributed by atoms with E-state index in [0.717, 1.165) is 10.6 Å². The molecule has 0 aromatic heterocycles. The Kier molecular flexibility index (Phi) is 9.51. The molecule has 12 heteroatoms. The second kappa shape index (κ2) is 11.8. The van der Waals surface area contributed by atoms with Crippen molar-refractivity contribution in [1.29, 1.82) is 0 Å². The first-order valence-corrected chi connectivity index (χ1v) is 16.2. The van der Waals surface area contributed by atoms with Gasteiger partial charge in [-0.3, -0.25) is 4.57 Å². The number of benzene rings is 1. The van der Waals surface area contributed by atoms with Crippen molar-refractivity contribution < 1.29 is 47.2 Å². The first-order chi connectivity index (χ1) is 19.1. The van der Waals surface area contributed by atoms with Crippen LogP contribution in [0.2, 0.25) is 0 Å². The number of hydrogen-bond donors (Lipinski definition) is 1. The highest BCUT2D eigenvalue weighted by molar-refractivity contribution is 7.54. The Morgan fingerprint density at radius 3 is 2.07 bits per heavy atom. The van der Waals surface area contributed by atoms with Crippen molar-refractivity contribution in [3.63, 3.8) is 0 Å². The maximum atomic E-state index is 14.8. The predicted molar refractivity (Wildman–Crippen MR) is 155 cm³/mol. The maximum Gasteiger partial charge on any atom is 0.353 e. The zero-order valence-corrected chi connectivity index (χ0v) is 27.8. The van der Waals surface area contributed by atoms with E-state index in [0.29, 0.717) is 0 Å². The first kappa shape index (κ1) is 33.9. The van der Waals surface area contributed by atoms with Crippen LogP contribution in [0.1, 0.15) is 81.7 Å². The lowest BCUT2D eigenvalue weighted by molar-refractivity contribution is -0.283. The smallest absolute Gasteiger partial charge is 0.353 e. The van der Waals surface area contributed by atoms with E-state index in [1.165, 1.54) is 0 Å². The van der Waals surface area contributed by atoms with Crippen LogP contribution >= 0.6 is 7.60 Å². The van der Waals surface area contributed by atoms with Crippen LogP contribution in [-0.4, -0.2) is 82.2 Å². The van der Waals surface area contributed by atoms with E-state index in [1.807, 2.05) is 51.1 Å². The Bertz CT molecular complexity index is 1100. The van der Waals surface area contributed by atoms with Crippen LogP contribution in [0.4, 0.5) is 0 Å². The monoisotopic (exact) mass is 615 g/mol. The Hall–Kier alpha value is -0.950. The van der Waals surface area contributed by atoms with Crippen molar-refractivity contribution in [1.82, 2.24) is 5.06 Å². The Labute approximate surface area is 250 Å². The fourth-order valence-corrected chi connectivity index (χ4v) is 8.23. The van der Waals surface area contributed by atoms with Crippen LogP contribution < -0.4 is 0 Å². The molecule has 42 heavy (non-hydrogen) atoms. The minimum Gasteiger partial charge on any atom is -0.374 e. The summed E-state index contributed by atoms with van der Waals surface area (Å²) >= 11 is 0. The summed E-state index contributed by atoms with van der Waals surface area (Å²) in [7, 11) is -4.14. The Morgan fingerprint density at radius 2 is 1.55 bits per heavy atom. The van der Waals surface area contributed by atoms with Crippen molar-refractivity contribution in [2.75, 3.05) is 13.2 Å². The second-order valence-electron chi connectivity index (χ2n) is 14.3. The summed E-state index contributed by atoms with van der Waals surface area (Å²) in [6.07, 6.45) is -3.09. The van der Waals surface area contributed by atoms with E-state index in [1.54, 1.807) is 55.4 Å². The van der Waals surface area contributed by atoms with Crippen LogP contribution in [0.3, 0.4) is 0 Å². The number of ether oxygens (including phenoxy) is 6. The van der Waals surface area contributed by atoms with Crippen LogP contribution in [0.25, 0.3) is 0 Å². The highest BCUT2D eigenvalue weighted by Crippen LogP contribution is 2.60. The SMILES string of the molecule is CC(C)(C)OP(=O)(OC(C)(C)C)[C@@H](COCc1ccccc1)N(O)[C@H]1O[C@H]([C@H]2COC(C)(C)O2)[C@]2(C)OC(C)(C)O[C@H]12. The standard InChI is InChI=1S/C30H50NO10P/c1-26(2,3)40-42(33,41-27(4,5)6)22(19-34-17-20-15-13-12-14-16-20)31(32)25-24-30(11,39-29(9,10)38-24)23(36-25)21-18-35-28(7,8)37-21/h12-16,21-25,32H,17-19H2,1-11H3/t21-,22+,23-,24-,25+,30+/m1/s1. The summed E-state index contributed by atoms with van der Waals surface area (Å²) in [4.78, 5) is 0. The fourth-order valence-electron chi connectivity index (χ4n) is 5.72. The normalized spacial score (nSPS) is 31.9. The summed E-state index contributed by atoms with van der Waals surface area (Å²) in [5, 5.41) is 12.9. The highest BCUT2D eigenvalue weighted by Gasteiger charge is 2.68. The maximum absolute atomic E-state index is 14.8. The Balaban J connectivity index is 1.70. The third kappa shape index (κ3) is 7.82. The average molecular weight is 616 g/mol. The summed E-state index contributed by atoms with van der Waals surface area (Å²) < 4.78 is 64.4. The van der Waals surface area contributed by atoms with Gasteiger partial charge in [-0.05, 0) is 81.7 Å². The van der Waals surface area contributed by atoms with Crippen molar-refractivity contribution in [3.8, 4) is 0 Å². The summed E-state index contributed by atoms with van der Waals surface area (Å²) in [6.45, 7) is 20.1. The molecule has 0 aliphatic carbocycles. The van der Waals surface area contributed by atoms with Gasteiger partial charge in [0.25, 0.3) is 0 Å². The molecular formula is C30H50NO10P. The molecule has 0 spiro atoms. The van der Waals surface area contributed by atoms with Gasteiger partial charge in [0.05, 0.1) is 31.0 Å². The minimum absolute atomic E-state index is 0.191. The topological polar surface area (TPSA) is 114 Å². The molecule has 0 radical (unpaired) electrons. The van der Waals surface area contributed by atoms with E-state index in [4.69, 9.17) is 37.5 Å². The van der Waals surface area contributed by atoms with Crippen molar-refractivity contribution in [3.05, 3.63) is 35.9 Å². The lowest BCUT2D eigenvalue weighted by atomic mass is 9.91. The number of rotatable bonds is 10. The molecule has 1 aromatic carbocycles. The third-order valence-electron chi connectivity index (χ3n) is 7.03. The number of fused-ring (bicyclic) bond motifs is 1. The summed E-state index contributed by atoms with van der Waals surface area (Å²) in [6, 6.07) is 9.59. The lowest BCUT2D eigenvalue weighted by Gasteiger charge is -2.40. The van der Waals surface area contributed by atoms with E-state index in [2.05, 4.69) is 0 Å². The molecule has 6 atom stereocenters. The largest absolute Gasteiger partial charge is 0.374 e. The van der Waals surface area contributed by atoms with Gasteiger partial charge >= 0.3 is 7.60 Å². The molecule has 240 valence electrons. The molecule has 0 unspecified atom stereocenters. The molecule has 0 bridgehead atoms. The molecule has 1 aromatic rings. The van der Waals surface area contributed by atoms with Crippen LogP contribution in [0.15, 0.2) is 30.3 Å². The van der Waals surface area contributed by atoms with Crippen molar-refractivity contribution in [2.45, 2.75) is 141 Å². The minimum atomic E-state index is -4.14. The van der Waals surface area contributed by atoms with Gasteiger partial charge in [0.2, 0.25) is 0 Å². The van der Waals surface area contributed by atoms with Gasteiger partial charge in [-0.15, -0.1) is 5.06 Å². The van der Waals surface area contributed by atoms with Crippen LogP contribution in [-0.2, 0) is 48.6 Å². The third-order valence-corrected chi connectivity index (χ3v) is 9.75. The molecule has 3 fully saturated rings. The van der Waals surface area contributed by atoms with Gasteiger partial charge in [0, 0.05) is 0 Å². The average Bonchev–Trinajstić information content (AvgIpc) is 3.38. The van der Waals surface area contributed by atoms with E-state index in [9.17, 15) is 9.77 Å². The second-order valence-corrected chi connectivity index (χ2v) is 16.4. The number of nitrogens with zero attached hydrogens (tertiary/aromatic N) is 1. The number of hydrogen-bond acceptors (Lipinski definition) is 11. The zero-order chi connectivity index (χ0) is 31.4. The quantitative estimate of drug-likeness (QED) is 0.253. The van der Waals surface area contributed by atoms with Gasteiger partial charge in [0.15, 0.2) is 23.6 Å². The molecule has 1 N–H and O–H groups in total. The predicted octanol–water partition coefficient (Wildman–Crippen LogP) is 5.83. The van der Waals surface area contributed by atoms with Crippen LogP contribution in [0, 0.1) is 0 Å². The van der Waals surface area contributed by atoms with Gasteiger partial charge in [0.1, 0.15) is 23.9 Å². The number of hydroxylamine groups is 2. The molecule has 4 rings (SSSR count). The first-order valence-electron chi connectivity index (χ1n) is 14.6. The van der Waals surface area contributed by atoms with Gasteiger partial charge in [-0.1, -0.05) is 30.3 Å². The van der Waals surface area contributed by atoms with Gasteiger partial charge in [-0.25, -0.2) is 0 Å². The van der Waals surface area contributed by atoms with Crippen LogP contribution in [0.5, 0.6) is 0 Å². The molecule has 3 aliphatic heterocycles. The van der Waals surface area contributed by atoms with Crippen molar-refractivity contribution >= 4 is 7.60 Å². The van der Waals surface area contributed by atoms with E-state index in [-0.39, 0.29) is 19.8 Å². The lowest BCUT2D eigenvalue weighted by Crippen LogP contribution is -2.52. The fraction of sp³-hybridized carbons (Fsp3) is 0.800. The molecule has 3 heterocycles. The van der Waals surface area contributed by atoms with E-state index < -0.39 is 66.3 Å². The summed E-state index contributed by atoms with van der Waals surface area (Å²) in [5.74, 6) is -3.07. The van der Waals surface area contributed by atoms with Crippen molar-refractivity contribution in [2.24, 2.45) is 0 Å². The zero-order valence-electron chi connectivity index (χ0n) is 26.9. The molecule has 0 amide bonds. The molecular weight excluding hydrogens is 565 g/mol. The molecule has 11 nitrogen and oxygen atoms in total. The molecule has 3 saturated heterocycles. The molecule has 3 aliphatic rings. The molecule has 0 saturated carbocycles. The summed E-state index contributed by atoms with van der Waals surface area (Å²) in [5.41, 5.74) is -1.85. The Morgan fingerprint density at radius 1 is 0.952 bits per heavy atom. The highest BCUT2D eigenvalue weighted by atomic mass is 31.2.